The molecule has 0 saturated heterocycles. The molecule has 0 aliphatic carbocycles. The summed E-state index contributed by atoms with van der Waals surface area (Å²) in [5, 5.41) is 11.3. The number of aromatic nitrogens is 4. The van der Waals surface area contributed by atoms with Crippen molar-refractivity contribution in [1.29, 1.82) is 0 Å². The van der Waals surface area contributed by atoms with E-state index in [2.05, 4.69) is 15.5 Å². The summed E-state index contributed by atoms with van der Waals surface area (Å²) >= 11 is 0. The van der Waals surface area contributed by atoms with E-state index in [0.29, 0.717) is 12.4 Å². The molecule has 2 rings (SSSR count). The van der Waals surface area contributed by atoms with Crippen molar-refractivity contribution in [2.24, 2.45) is 5.73 Å². The predicted octanol–water partition coefficient (Wildman–Crippen LogP) is 0.438. The van der Waals surface area contributed by atoms with Crippen molar-refractivity contribution in [2.45, 2.75) is 13.5 Å². The molecule has 2 aromatic rings. The Morgan fingerprint density at radius 3 is 2.88 bits per heavy atom. The zero-order valence-electron chi connectivity index (χ0n) is 9.21. The number of benzene rings is 1. The Morgan fingerprint density at radius 2 is 2.25 bits per heavy atom. The second kappa shape index (κ2) is 4.28. The van der Waals surface area contributed by atoms with E-state index in [0.717, 1.165) is 17.0 Å². The molecule has 0 aliphatic heterocycles. The average molecular weight is 219 g/mol. The molecule has 1 aromatic carbocycles. The van der Waals surface area contributed by atoms with Crippen LogP contribution >= 0.6 is 0 Å². The van der Waals surface area contributed by atoms with Crippen LogP contribution in [0, 0.1) is 6.92 Å². The number of ether oxygens (including phenoxy) is 1. The molecule has 16 heavy (non-hydrogen) atoms. The summed E-state index contributed by atoms with van der Waals surface area (Å²) in [4.78, 5) is 0. The summed E-state index contributed by atoms with van der Waals surface area (Å²) in [6.07, 6.45) is 0. The molecule has 1 aromatic heterocycles. The zero-order chi connectivity index (χ0) is 11.5. The second-order valence-corrected chi connectivity index (χ2v) is 3.36. The molecular weight excluding hydrogens is 206 g/mol. The molecule has 2 N–H and O–H groups in total. The summed E-state index contributed by atoms with van der Waals surface area (Å²) in [6, 6.07) is 5.72. The molecule has 0 saturated carbocycles. The van der Waals surface area contributed by atoms with Crippen LogP contribution in [0.5, 0.6) is 5.75 Å². The fourth-order valence-corrected chi connectivity index (χ4v) is 1.53. The van der Waals surface area contributed by atoms with Gasteiger partial charge in [-0.05, 0) is 41.1 Å². The van der Waals surface area contributed by atoms with Gasteiger partial charge in [-0.2, -0.15) is 4.68 Å². The van der Waals surface area contributed by atoms with Gasteiger partial charge < -0.3 is 10.5 Å². The van der Waals surface area contributed by atoms with Crippen molar-refractivity contribution < 1.29 is 4.74 Å². The highest BCUT2D eigenvalue weighted by Gasteiger charge is 2.07. The van der Waals surface area contributed by atoms with Gasteiger partial charge in [0.1, 0.15) is 5.75 Å². The van der Waals surface area contributed by atoms with Gasteiger partial charge in [-0.1, -0.05) is 0 Å². The quantitative estimate of drug-likeness (QED) is 0.810. The van der Waals surface area contributed by atoms with Crippen molar-refractivity contribution in [3.05, 3.63) is 29.6 Å². The van der Waals surface area contributed by atoms with E-state index in [1.165, 1.54) is 0 Å². The molecule has 0 radical (unpaired) electrons. The minimum Gasteiger partial charge on any atom is -0.496 e. The SMILES string of the molecule is COc1ccc(-n2nnnc2CN)cc1C. The highest BCUT2D eigenvalue weighted by atomic mass is 16.5. The van der Waals surface area contributed by atoms with Crippen LogP contribution in [0.1, 0.15) is 11.4 Å². The van der Waals surface area contributed by atoms with E-state index in [1.807, 2.05) is 25.1 Å². The first-order valence-corrected chi connectivity index (χ1v) is 4.88. The lowest BCUT2D eigenvalue weighted by atomic mass is 10.2. The monoisotopic (exact) mass is 219 g/mol. The maximum atomic E-state index is 5.54. The number of nitrogens with two attached hydrogens (primary N) is 1. The minimum atomic E-state index is 0.304. The molecule has 0 unspecified atom stereocenters. The smallest absolute Gasteiger partial charge is 0.170 e. The fraction of sp³-hybridized carbons (Fsp3) is 0.300. The number of tetrazole rings is 1. The highest BCUT2D eigenvalue weighted by Crippen LogP contribution is 2.20. The molecule has 0 atom stereocenters. The summed E-state index contributed by atoms with van der Waals surface area (Å²) in [5.74, 6) is 1.47. The van der Waals surface area contributed by atoms with E-state index in [-0.39, 0.29) is 0 Å². The van der Waals surface area contributed by atoms with Gasteiger partial charge in [0.2, 0.25) is 0 Å². The van der Waals surface area contributed by atoms with Gasteiger partial charge in [0, 0.05) is 0 Å². The summed E-state index contributed by atoms with van der Waals surface area (Å²) < 4.78 is 6.81. The lowest BCUT2D eigenvalue weighted by molar-refractivity contribution is 0.411. The van der Waals surface area contributed by atoms with Crippen LogP contribution in [-0.2, 0) is 6.54 Å². The highest BCUT2D eigenvalue weighted by molar-refractivity contribution is 5.43. The molecule has 1 heterocycles. The van der Waals surface area contributed by atoms with Crippen molar-refractivity contribution in [1.82, 2.24) is 20.2 Å². The van der Waals surface area contributed by atoms with E-state index in [9.17, 15) is 0 Å². The molecular formula is C10H13N5O. The molecule has 0 aliphatic rings. The fourth-order valence-electron chi connectivity index (χ4n) is 1.53. The number of hydrogen-bond donors (Lipinski definition) is 1. The molecule has 6 nitrogen and oxygen atoms in total. The molecule has 0 spiro atoms. The number of aryl methyl sites for hydroxylation is 1. The Bertz CT molecular complexity index is 494. The van der Waals surface area contributed by atoms with Crippen LogP contribution in [-0.4, -0.2) is 27.3 Å². The summed E-state index contributed by atoms with van der Waals surface area (Å²) in [5.41, 5.74) is 7.44. The normalized spacial score (nSPS) is 10.4. The van der Waals surface area contributed by atoms with Gasteiger partial charge >= 0.3 is 0 Å². The molecule has 6 heteroatoms. The summed E-state index contributed by atoms with van der Waals surface area (Å²) in [7, 11) is 1.64. The molecule has 0 amide bonds. The van der Waals surface area contributed by atoms with Crippen molar-refractivity contribution in [3.63, 3.8) is 0 Å². The predicted molar refractivity (Wildman–Crippen MR) is 58.3 cm³/mol. The van der Waals surface area contributed by atoms with E-state index >= 15 is 0 Å². The molecule has 0 fully saturated rings. The third kappa shape index (κ3) is 1.74. The average Bonchev–Trinajstić information content (AvgIpc) is 2.77. The summed E-state index contributed by atoms with van der Waals surface area (Å²) in [6.45, 7) is 2.27. The van der Waals surface area contributed by atoms with Crippen LogP contribution in [0.3, 0.4) is 0 Å². The van der Waals surface area contributed by atoms with E-state index in [4.69, 9.17) is 10.5 Å². The van der Waals surface area contributed by atoms with Gasteiger partial charge in [0.25, 0.3) is 0 Å². The first kappa shape index (κ1) is 10.6. The maximum absolute atomic E-state index is 5.54. The Labute approximate surface area is 93.0 Å². The number of methoxy groups -OCH3 is 1. The van der Waals surface area contributed by atoms with Gasteiger partial charge in [0.15, 0.2) is 5.82 Å². The lowest BCUT2D eigenvalue weighted by Crippen LogP contribution is -2.08. The van der Waals surface area contributed by atoms with E-state index < -0.39 is 0 Å². The first-order chi connectivity index (χ1) is 7.76. The van der Waals surface area contributed by atoms with Gasteiger partial charge in [-0.25, -0.2) is 0 Å². The van der Waals surface area contributed by atoms with Crippen LogP contribution < -0.4 is 10.5 Å². The van der Waals surface area contributed by atoms with Crippen LogP contribution in [0.2, 0.25) is 0 Å². The Hall–Kier alpha value is -1.95. The van der Waals surface area contributed by atoms with Gasteiger partial charge in [-0.15, -0.1) is 5.10 Å². The van der Waals surface area contributed by atoms with Crippen molar-refractivity contribution in [3.8, 4) is 11.4 Å². The molecule has 0 bridgehead atoms. The zero-order valence-corrected chi connectivity index (χ0v) is 9.21. The topological polar surface area (TPSA) is 78.8 Å². The van der Waals surface area contributed by atoms with Crippen LogP contribution in [0.15, 0.2) is 18.2 Å². The Kier molecular flexibility index (Phi) is 2.82. The lowest BCUT2D eigenvalue weighted by Gasteiger charge is -2.07. The van der Waals surface area contributed by atoms with Crippen molar-refractivity contribution >= 4 is 0 Å². The third-order valence-electron chi connectivity index (χ3n) is 2.34. The maximum Gasteiger partial charge on any atom is 0.170 e. The second-order valence-electron chi connectivity index (χ2n) is 3.36. The standard InChI is InChI=1S/C10H13N5O/c1-7-5-8(3-4-9(7)16-2)15-10(6-11)12-13-14-15/h3-5H,6,11H2,1-2H3. The van der Waals surface area contributed by atoms with Gasteiger partial charge in [-0.3, -0.25) is 0 Å². The minimum absolute atomic E-state index is 0.304. The van der Waals surface area contributed by atoms with E-state index in [1.54, 1.807) is 11.8 Å². The largest absolute Gasteiger partial charge is 0.496 e. The van der Waals surface area contributed by atoms with Crippen molar-refractivity contribution in [2.75, 3.05) is 7.11 Å². The van der Waals surface area contributed by atoms with Crippen LogP contribution in [0.25, 0.3) is 5.69 Å². The number of nitrogens with zero attached hydrogens (tertiary/aromatic N) is 4. The van der Waals surface area contributed by atoms with Gasteiger partial charge in [0.05, 0.1) is 19.3 Å². The number of hydrogen-bond acceptors (Lipinski definition) is 5. The van der Waals surface area contributed by atoms with Crippen LogP contribution in [0.4, 0.5) is 0 Å². The first-order valence-electron chi connectivity index (χ1n) is 4.88. The Balaban J connectivity index is 2.45. The number of rotatable bonds is 3. The Morgan fingerprint density at radius 1 is 1.44 bits per heavy atom. The molecule has 84 valence electrons. The third-order valence-corrected chi connectivity index (χ3v) is 2.34.